The average molecular weight is 387 g/mol. The molecule has 0 unspecified atom stereocenters. The highest BCUT2D eigenvalue weighted by molar-refractivity contribution is 5.95. The molecule has 5 nitrogen and oxygen atoms in total. The van der Waals surface area contributed by atoms with E-state index in [1.54, 1.807) is 6.07 Å². The zero-order valence-corrected chi connectivity index (χ0v) is 15.7. The van der Waals surface area contributed by atoms with Crippen LogP contribution in [0, 0.1) is 18.6 Å². The first-order valence-corrected chi connectivity index (χ1v) is 9.26. The Bertz CT molecular complexity index is 864. The van der Waals surface area contributed by atoms with Crippen molar-refractivity contribution in [2.24, 2.45) is 0 Å². The van der Waals surface area contributed by atoms with Crippen molar-refractivity contribution < 1.29 is 18.4 Å². The molecule has 1 saturated heterocycles. The molecule has 0 aliphatic carbocycles. The Labute approximate surface area is 162 Å². The van der Waals surface area contributed by atoms with Gasteiger partial charge in [0, 0.05) is 30.8 Å². The number of anilines is 1. The Morgan fingerprint density at radius 3 is 2.50 bits per heavy atom. The Morgan fingerprint density at radius 2 is 1.82 bits per heavy atom. The van der Waals surface area contributed by atoms with Crippen molar-refractivity contribution in [3.8, 4) is 0 Å². The quantitative estimate of drug-likeness (QED) is 0.829. The number of amides is 2. The van der Waals surface area contributed by atoms with E-state index in [0.717, 1.165) is 30.5 Å². The van der Waals surface area contributed by atoms with Gasteiger partial charge in [-0.2, -0.15) is 0 Å². The second kappa shape index (κ2) is 8.93. The number of halogens is 2. The van der Waals surface area contributed by atoms with Crippen LogP contribution in [0.1, 0.15) is 28.8 Å². The molecule has 148 valence electrons. The summed E-state index contributed by atoms with van der Waals surface area (Å²) in [5.74, 6) is -1.93. The normalized spacial score (nSPS) is 15.2. The molecule has 1 fully saturated rings. The van der Waals surface area contributed by atoms with E-state index in [2.05, 4.69) is 10.6 Å². The highest BCUT2D eigenvalue weighted by atomic mass is 19.1. The van der Waals surface area contributed by atoms with Gasteiger partial charge < -0.3 is 10.6 Å². The van der Waals surface area contributed by atoms with Gasteiger partial charge in [-0.1, -0.05) is 18.2 Å². The van der Waals surface area contributed by atoms with E-state index >= 15 is 0 Å². The predicted octanol–water partition coefficient (Wildman–Crippen LogP) is 3.11. The lowest BCUT2D eigenvalue weighted by Crippen LogP contribution is -2.46. The van der Waals surface area contributed by atoms with Crippen LogP contribution in [0.3, 0.4) is 0 Å². The molecule has 2 aromatic rings. The molecule has 2 N–H and O–H groups in total. The fourth-order valence-electron chi connectivity index (χ4n) is 3.31. The van der Waals surface area contributed by atoms with Crippen molar-refractivity contribution in [3.63, 3.8) is 0 Å². The van der Waals surface area contributed by atoms with Crippen LogP contribution in [-0.2, 0) is 4.79 Å². The third kappa shape index (κ3) is 5.13. The minimum absolute atomic E-state index is 0.0354. The zero-order valence-electron chi connectivity index (χ0n) is 15.7. The Hall–Kier alpha value is -2.80. The minimum atomic E-state index is -0.800. The van der Waals surface area contributed by atoms with Crippen LogP contribution in [0.25, 0.3) is 0 Å². The molecule has 28 heavy (non-hydrogen) atoms. The van der Waals surface area contributed by atoms with Gasteiger partial charge in [-0.05, 0) is 43.5 Å². The maximum absolute atomic E-state index is 13.6. The van der Waals surface area contributed by atoms with Crippen molar-refractivity contribution >= 4 is 17.5 Å². The third-order valence-electron chi connectivity index (χ3n) is 4.88. The van der Waals surface area contributed by atoms with E-state index in [1.165, 1.54) is 6.07 Å². The highest BCUT2D eigenvalue weighted by Gasteiger charge is 2.23. The molecule has 1 aliphatic rings. The molecule has 0 bridgehead atoms. The third-order valence-corrected chi connectivity index (χ3v) is 4.88. The van der Waals surface area contributed by atoms with Crippen LogP contribution in [-0.4, -0.2) is 42.4 Å². The number of carbonyl (C=O) groups is 2. The summed E-state index contributed by atoms with van der Waals surface area (Å²) in [7, 11) is 0. The molecule has 0 spiro atoms. The van der Waals surface area contributed by atoms with Gasteiger partial charge in [0.1, 0.15) is 11.6 Å². The van der Waals surface area contributed by atoms with Gasteiger partial charge in [-0.3, -0.25) is 14.5 Å². The van der Waals surface area contributed by atoms with Gasteiger partial charge in [0.2, 0.25) is 5.91 Å². The molecule has 0 radical (unpaired) electrons. The molecule has 2 aromatic carbocycles. The summed E-state index contributed by atoms with van der Waals surface area (Å²) < 4.78 is 26.5. The van der Waals surface area contributed by atoms with Gasteiger partial charge >= 0.3 is 0 Å². The standard InChI is InChI=1S/C21H23F2N3O2/c1-14-4-2-3-5-17(14)21(28)24-16-8-10-26(11-9-16)13-20(27)25-19-7-6-15(22)12-18(19)23/h2-7,12,16H,8-11,13H2,1H3,(H,24,28)(H,25,27). The zero-order chi connectivity index (χ0) is 20.1. The number of hydrogen-bond donors (Lipinski definition) is 2. The summed E-state index contributed by atoms with van der Waals surface area (Å²) in [6.07, 6.45) is 1.46. The number of hydrogen-bond acceptors (Lipinski definition) is 3. The minimum Gasteiger partial charge on any atom is -0.349 e. The number of benzene rings is 2. The Balaban J connectivity index is 1.45. The lowest BCUT2D eigenvalue weighted by atomic mass is 10.0. The molecule has 1 aliphatic heterocycles. The number of piperidine rings is 1. The summed E-state index contributed by atoms with van der Waals surface area (Å²) in [5, 5.41) is 5.52. The summed E-state index contributed by atoms with van der Waals surface area (Å²) in [4.78, 5) is 26.5. The molecule has 2 amide bonds. The van der Waals surface area contributed by atoms with E-state index in [9.17, 15) is 18.4 Å². The molecular weight excluding hydrogens is 364 g/mol. The molecular formula is C21H23F2N3O2. The van der Waals surface area contributed by atoms with Gasteiger partial charge in [0.05, 0.1) is 12.2 Å². The predicted molar refractivity (Wildman–Crippen MR) is 103 cm³/mol. The molecule has 3 rings (SSSR count). The smallest absolute Gasteiger partial charge is 0.251 e. The fourth-order valence-corrected chi connectivity index (χ4v) is 3.31. The van der Waals surface area contributed by atoms with E-state index < -0.39 is 11.6 Å². The molecule has 0 aromatic heterocycles. The van der Waals surface area contributed by atoms with Crippen LogP contribution < -0.4 is 10.6 Å². The second-order valence-electron chi connectivity index (χ2n) is 7.01. The van der Waals surface area contributed by atoms with Crippen molar-refractivity contribution in [2.75, 3.05) is 25.0 Å². The Morgan fingerprint density at radius 1 is 1.11 bits per heavy atom. The topological polar surface area (TPSA) is 61.4 Å². The first kappa shape index (κ1) is 19.9. The van der Waals surface area contributed by atoms with E-state index in [1.807, 2.05) is 30.0 Å². The Kier molecular flexibility index (Phi) is 6.36. The molecule has 7 heteroatoms. The molecule has 0 atom stereocenters. The first-order valence-electron chi connectivity index (χ1n) is 9.26. The fraction of sp³-hybridized carbons (Fsp3) is 0.333. The van der Waals surface area contributed by atoms with Crippen LogP contribution >= 0.6 is 0 Å². The number of rotatable bonds is 5. The first-order chi connectivity index (χ1) is 13.4. The van der Waals surface area contributed by atoms with Crippen molar-refractivity contribution in [1.29, 1.82) is 0 Å². The van der Waals surface area contributed by atoms with Gasteiger partial charge in [-0.15, -0.1) is 0 Å². The lowest BCUT2D eigenvalue weighted by molar-refractivity contribution is -0.117. The molecule has 0 saturated carbocycles. The number of likely N-dealkylation sites (tertiary alicyclic amines) is 1. The van der Waals surface area contributed by atoms with Gasteiger partial charge in [-0.25, -0.2) is 8.78 Å². The van der Waals surface area contributed by atoms with Gasteiger partial charge in [0.25, 0.3) is 5.91 Å². The second-order valence-corrected chi connectivity index (χ2v) is 7.01. The van der Waals surface area contributed by atoms with Gasteiger partial charge in [0.15, 0.2) is 0 Å². The summed E-state index contributed by atoms with van der Waals surface area (Å²) in [6, 6.07) is 10.5. The van der Waals surface area contributed by atoms with Crippen LogP contribution in [0.15, 0.2) is 42.5 Å². The summed E-state index contributed by atoms with van der Waals surface area (Å²) in [5.41, 5.74) is 1.57. The number of nitrogens with one attached hydrogen (secondary N) is 2. The number of aryl methyl sites for hydroxylation is 1. The largest absolute Gasteiger partial charge is 0.349 e. The van der Waals surface area contributed by atoms with Crippen molar-refractivity contribution in [2.45, 2.75) is 25.8 Å². The van der Waals surface area contributed by atoms with E-state index in [-0.39, 0.29) is 30.1 Å². The van der Waals surface area contributed by atoms with Crippen LogP contribution in [0.5, 0.6) is 0 Å². The summed E-state index contributed by atoms with van der Waals surface area (Å²) >= 11 is 0. The lowest BCUT2D eigenvalue weighted by Gasteiger charge is -2.32. The van der Waals surface area contributed by atoms with Crippen LogP contribution in [0.4, 0.5) is 14.5 Å². The maximum Gasteiger partial charge on any atom is 0.251 e. The van der Waals surface area contributed by atoms with Crippen molar-refractivity contribution in [1.82, 2.24) is 10.2 Å². The van der Waals surface area contributed by atoms with Crippen LogP contribution in [0.2, 0.25) is 0 Å². The maximum atomic E-state index is 13.6. The molecule has 1 heterocycles. The summed E-state index contributed by atoms with van der Waals surface area (Å²) in [6.45, 7) is 3.32. The number of nitrogens with zero attached hydrogens (tertiary/aromatic N) is 1. The van der Waals surface area contributed by atoms with E-state index in [0.29, 0.717) is 18.7 Å². The average Bonchev–Trinajstić information content (AvgIpc) is 2.66. The van der Waals surface area contributed by atoms with Crippen molar-refractivity contribution in [3.05, 3.63) is 65.2 Å². The highest BCUT2D eigenvalue weighted by Crippen LogP contribution is 2.16. The van der Waals surface area contributed by atoms with E-state index in [4.69, 9.17) is 0 Å². The SMILES string of the molecule is Cc1ccccc1C(=O)NC1CCN(CC(=O)Nc2ccc(F)cc2F)CC1. The monoisotopic (exact) mass is 387 g/mol. The number of carbonyl (C=O) groups excluding carboxylic acids is 2.